The van der Waals surface area contributed by atoms with Gasteiger partial charge in [-0.15, -0.1) is 0 Å². The highest BCUT2D eigenvalue weighted by molar-refractivity contribution is 8.02. The van der Waals surface area contributed by atoms with E-state index in [0.717, 1.165) is 11.4 Å². The van der Waals surface area contributed by atoms with Gasteiger partial charge in [0.2, 0.25) is 11.9 Å². The van der Waals surface area contributed by atoms with Gasteiger partial charge in [0.25, 0.3) is 0 Å². The molecule has 2 aromatic rings. The Balaban J connectivity index is 2.09. The number of aliphatic imine (C=N–C) groups is 1. The van der Waals surface area contributed by atoms with Gasteiger partial charge in [0, 0.05) is 11.4 Å². The molecule has 8 nitrogen and oxygen atoms in total. The van der Waals surface area contributed by atoms with Crippen molar-refractivity contribution in [1.82, 2.24) is 15.0 Å². The molecule has 0 amide bonds. The Kier molecular flexibility index (Phi) is 7.18. The molecular weight excluding hydrogens is 362 g/mol. The molecule has 1 aromatic heterocycles. The summed E-state index contributed by atoms with van der Waals surface area (Å²) in [5, 5.41) is 3.73. The minimum absolute atomic E-state index is 0.130. The molecule has 1 aromatic carbocycles. The zero-order valence-corrected chi connectivity index (χ0v) is 16.4. The van der Waals surface area contributed by atoms with Crippen LogP contribution in [0.25, 0.3) is 0 Å². The first kappa shape index (κ1) is 20.2. The SMILES string of the molecule is C=C(N=C(C)/C=C(/C)N)SCc1nc(N)nc(Nc2ccccc2OC)n1. The van der Waals surface area contributed by atoms with E-state index in [-0.39, 0.29) is 5.95 Å². The number of nitrogens with zero attached hydrogens (tertiary/aromatic N) is 4. The van der Waals surface area contributed by atoms with Crippen LogP contribution in [0.15, 0.2) is 52.6 Å². The Labute approximate surface area is 162 Å². The van der Waals surface area contributed by atoms with E-state index in [4.69, 9.17) is 16.2 Å². The van der Waals surface area contributed by atoms with E-state index in [0.29, 0.717) is 34.0 Å². The molecule has 2 rings (SSSR count). The Hall–Kier alpha value is -3.07. The molecule has 0 atom stereocenters. The lowest BCUT2D eigenvalue weighted by Crippen LogP contribution is -2.07. The fraction of sp³-hybridized carbons (Fsp3) is 0.222. The number of anilines is 3. The highest BCUT2D eigenvalue weighted by Crippen LogP contribution is 2.26. The van der Waals surface area contributed by atoms with Crippen LogP contribution in [-0.4, -0.2) is 27.8 Å². The van der Waals surface area contributed by atoms with Crippen molar-refractivity contribution in [2.24, 2.45) is 10.7 Å². The van der Waals surface area contributed by atoms with Crippen LogP contribution in [0.2, 0.25) is 0 Å². The molecule has 0 aliphatic rings. The molecule has 0 saturated carbocycles. The molecule has 0 radical (unpaired) electrons. The fourth-order valence-corrected chi connectivity index (χ4v) is 2.80. The number of thioether (sulfide) groups is 1. The molecule has 0 aliphatic carbocycles. The van der Waals surface area contributed by atoms with E-state index in [1.807, 2.05) is 31.2 Å². The summed E-state index contributed by atoms with van der Waals surface area (Å²) in [5.74, 6) is 2.12. The zero-order valence-electron chi connectivity index (χ0n) is 15.6. The molecule has 5 N–H and O–H groups in total. The highest BCUT2D eigenvalue weighted by atomic mass is 32.2. The number of nitrogen functional groups attached to an aromatic ring is 1. The minimum Gasteiger partial charge on any atom is -0.495 e. The summed E-state index contributed by atoms with van der Waals surface area (Å²) in [7, 11) is 1.60. The Morgan fingerprint density at radius 2 is 2.04 bits per heavy atom. The first-order valence-electron chi connectivity index (χ1n) is 8.08. The van der Waals surface area contributed by atoms with Crippen molar-refractivity contribution in [2.45, 2.75) is 19.6 Å². The van der Waals surface area contributed by atoms with Crippen LogP contribution >= 0.6 is 11.8 Å². The van der Waals surface area contributed by atoms with Gasteiger partial charge in [0.15, 0.2) is 0 Å². The van der Waals surface area contributed by atoms with E-state index >= 15 is 0 Å². The number of methoxy groups -OCH3 is 1. The third-order valence-electron chi connectivity index (χ3n) is 3.16. The van der Waals surface area contributed by atoms with Crippen molar-refractivity contribution in [3.05, 3.63) is 53.5 Å². The molecule has 0 bridgehead atoms. The van der Waals surface area contributed by atoms with Gasteiger partial charge >= 0.3 is 0 Å². The molecule has 1 heterocycles. The van der Waals surface area contributed by atoms with Gasteiger partial charge in [-0.1, -0.05) is 30.5 Å². The van der Waals surface area contributed by atoms with E-state index in [9.17, 15) is 0 Å². The lowest BCUT2D eigenvalue weighted by atomic mass is 10.3. The Bertz CT molecular complexity index is 876. The average Bonchev–Trinajstić information content (AvgIpc) is 2.59. The van der Waals surface area contributed by atoms with E-state index in [1.54, 1.807) is 20.1 Å². The number of benzene rings is 1. The number of nitrogens with two attached hydrogens (primary N) is 2. The van der Waals surface area contributed by atoms with E-state index in [2.05, 4.69) is 31.8 Å². The average molecular weight is 385 g/mol. The molecular formula is C18H23N7OS. The Morgan fingerprint density at radius 3 is 2.74 bits per heavy atom. The van der Waals surface area contributed by atoms with Crippen molar-refractivity contribution < 1.29 is 4.74 Å². The summed E-state index contributed by atoms with van der Waals surface area (Å²) >= 11 is 1.40. The van der Waals surface area contributed by atoms with Crippen LogP contribution in [-0.2, 0) is 5.75 Å². The maximum absolute atomic E-state index is 5.81. The van der Waals surface area contributed by atoms with Gasteiger partial charge in [-0.25, -0.2) is 4.99 Å². The normalized spacial score (nSPS) is 12.0. The van der Waals surface area contributed by atoms with E-state index in [1.165, 1.54) is 11.8 Å². The summed E-state index contributed by atoms with van der Waals surface area (Å²) in [6, 6.07) is 7.46. The molecule has 0 unspecified atom stereocenters. The number of hydrogen-bond acceptors (Lipinski definition) is 9. The van der Waals surface area contributed by atoms with Crippen molar-refractivity contribution >= 4 is 35.1 Å². The molecule has 0 fully saturated rings. The van der Waals surface area contributed by atoms with Crippen molar-refractivity contribution in [3.63, 3.8) is 0 Å². The first-order chi connectivity index (χ1) is 12.9. The second-order valence-electron chi connectivity index (χ2n) is 5.58. The van der Waals surface area contributed by atoms with E-state index < -0.39 is 0 Å². The topological polar surface area (TPSA) is 124 Å². The molecule has 0 aliphatic heterocycles. The number of allylic oxidation sites excluding steroid dienone is 2. The van der Waals surface area contributed by atoms with Gasteiger partial charge in [-0.3, -0.25) is 0 Å². The van der Waals surface area contributed by atoms with Crippen molar-refractivity contribution in [1.29, 1.82) is 0 Å². The van der Waals surface area contributed by atoms with Crippen molar-refractivity contribution in [2.75, 3.05) is 18.2 Å². The smallest absolute Gasteiger partial charge is 0.232 e. The number of ether oxygens (including phenoxy) is 1. The fourth-order valence-electron chi connectivity index (χ4n) is 2.17. The zero-order chi connectivity index (χ0) is 19.8. The number of nitrogens with one attached hydrogen (secondary N) is 1. The first-order valence-corrected chi connectivity index (χ1v) is 9.07. The summed E-state index contributed by atoms with van der Waals surface area (Å²) < 4.78 is 5.31. The van der Waals surface area contributed by atoms with Crippen LogP contribution in [0.4, 0.5) is 17.6 Å². The predicted molar refractivity (Wildman–Crippen MR) is 112 cm³/mol. The molecule has 27 heavy (non-hydrogen) atoms. The van der Waals surface area contributed by atoms with Gasteiger partial charge < -0.3 is 21.5 Å². The van der Waals surface area contributed by atoms with Gasteiger partial charge in [0.05, 0.1) is 23.6 Å². The second-order valence-corrected chi connectivity index (χ2v) is 6.63. The quantitative estimate of drug-likeness (QED) is 0.592. The summed E-state index contributed by atoms with van der Waals surface area (Å²) in [5.41, 5.74) is 13.6. The third kappa shape index (κ3) is 6.63. The number of hydrogen-bond donors (Lipinski definition) is 3. The molecule has 0 saturated heterocycles. The van der Waals surface area contributed by atoms with Crippen molar-refractivity contribution in [3.8, 4) is 5.75 Å². The largest absolute Gasteiger partial charge is 0.495 e. The summed E-state index contributed by atoms with van der Waals surface area (Å²) in [6.07, 6.45) is 1.78. The number of aromatic nitrogens is 3. The second kappa shape index (κ2) is 9.58. The Morgan fingerprint density at radius 1 is 1.30 bits per heavy atom. The maximum atomic E-state index is 5.81. The standard InChI is InChI=1S/C18H23N7OS/c1-11(19)9-12(2)21-13(3)27-10-16-23-17(20)25-18(24-16)22-14-7-5-6-8-15(14)26-4/h5-9H,3,10,19H2,1-2,4H3,(H3,20,22,23,24,25)/b11-9-,21-12?. The van der Waals surface area contributed by atoms with Gasteiger partial charge in [0.1, 0.15) is 11.6 Å². The van der Waals surface area contributed by atoms with Gasteiger partial charge in [-0.2, -0.15) is 15.0 Å². The van der Waals surface area contributed by atoms with Crippen LogP contribution in [0, 0.1) is 0 Å². The molecule has 0 spiro atoms. The van der Waals surface area contributed by atoms with Crippen LogP contribution in [0.5, 0.6) is 5.75 Å². The number of rotatable bonds is 8. The monoisotopic (exact) mass is 385 g/mol. The minimum atomic E-state index is 0.130. The summed E-state index contributed by atoms with van der Waals surface area (Å²) in [6.45, 7) is 7.59. The van der Waals surface area contributed by atoms with Crippen LogP contribution < -0.4 is 21.5 Å². The summed E-state index contributed by atoms with van der Waals surface area (Å²) in [4.78, 5) is 17.0. The predicted octanol–water partition coefficient (Wildman–Crippen LogP) is 3.23. The van der Waals surface area contributed by atoms with Gasteiger partial charge in [-0.05, 0) is 32.1 Å². The highest BCUT2D eigenvalue weighted by Gasteiger charge is 2.08. The third-order valence-corrected chi connectivity index (χ3v) is 3.99. The number of para-hydroxylation sites is 2. The maximum Gasteiger partial charge on any atom is 0.232 e. The lowest BCUT2D eigenvalue weighted by Gasteiger charge is -2.10. The van der Waals surface area contributed by atoms with Crippen LogP contribution in [0.3, 0.4) is 0 Å². The molecule has 9 heteroatoms. The van der Waals surface area contributed by atoms with Crippen LogP contribution in [0.1, 0.15) is 19.7 Å². The molecule has 142 valence electrons. The lowest BCUT2D eigenvalue weighted by molar-refractivity contribution is 0.417.